The third-order valence-corrected chi connectivity index (χ3v) is 4.15. The van der Waals surface area contributed by atoms with Crippen LogP contribution in [0.4, 0.5) is 0 Å². The molecule has 2 atom stereocenters. The molecule has 0 bridgehead atoms. The minimum Gasteiger partial charge on any atom is -0.390 e. The molecule has 0 radical (unpaired) electrons. The predicted octanol–water partition coefficient (Wildman–Crippen LogP) is 2.98. The summed E-state index contributed by atoms with van der Waals surface area (Å²) in [5.74, 6) is 0.166. The normalized spacial score (nSPS) is 21.0. The summed E-state index contributed by atoms with van der Waals surface area (Å²) < 4.78 is 0. The topological polar surface area (TPSA) is 49.3 Å². The van der Waals surface area contributed by atoms with Gasteiger partial charge in [0.25, 0.3) is 0 Å². The largest absolute Gasteiger partial charge is 0.390 e. The van der Waals surface area contributed by atoms with Gasteiger partial charge in [0, 0.05) is 12.3 Å². The predicted molar refractivity (Wildman–Crippen MR) is 80.3 cm³/mol. The van der Waals surface area contributed by atoms with Crippen molar-refractivity contribution >= 4 is 5.91 Å². The maximum absolute atomic E-state index is 12.4. The van der Waals surface area contributed by atoms with Crippen LogP contribution in [0, 0.1) is 5.92 Å². The molecule has 0 spiro atoms. The molecule has 0 aliphatic heterocycles. The Morgan fingerprint density at radius 3 is 2.60 bits per heavy atom. The summed E-state index contributed by atoms with van der Waals surface area (Å²) >= 11 is 0. The first-order chi connectivity index (χ1) is 9.67. The molecular weight excluding hydrogens is 250 g/mol. The highest BCUT2D eigenvalue weighted by Gasteiger charge is 2.33. The molecule has 1 aromatic rings. The molecule has 1 aliphatic rings. The average Bonchev–Trinajstić information content (AvgIpc) is 2.75. The number of amides is 1. The van der Waals surface area contributed by atoms with Crippen LogP contribution in [0.2, 0.25) is 0 Å². The standard InChI is InChI=1S/C17H25NO2/c1-3-7-12(8-4-2)17(20)18-16-14-10-6-5-9-13(14)11-15(16)19/h5-6,9-10,12,15-16,19H,3-4,7-8,11H2,1-2H3,(H,18,20)/t15-,16+/m0/s1. The van der Waals surface area contributed by atoms with E-state index in [2.05, 4.69) is 19.2 Å². The molecule has 1 amide bonds. The lowest BCUT2D eigenvalue weighted by atomic mass is 9.96. The van der Waals surface area contributed by atoms with Gasteiger partial charge >= 0.3 is 0 Å². The molecule has 3 heteroatoms. The molecule has 0 saturated carbocycles. The lowest BCUT2D eigenvalue weighted by Crippen LogP contribution is -2.37. The van der Waals surface area contributed by atoms with E-state index in [4.69, 9.17) is 0 Å². The number of carbonyl (C=O) groups excluding carboxylic acids is 1. The number of hydrogen-bond donors (Lipinski definition) is 2. The third-order valence-electron chi connectivity index (χ3n) is 4.15. The van der Waals surface area contributed by atoms with E-state index in [0.717, 1.165) is 36.8 Å². The quantitative estimate of drug-likeness (QED) is 0.838. The highest BCUT2D eigenvalue weighted by atomic mass is 16.3. The van der Waals surface area contributed by atoms with Crippen molar-refractivity contribution in [1.29, 1.82) is 0 Å². The summed E-state index contributed by atoms with van der Waals surface area (Å²) in [5.41, 5.74) is 2.22. The second-order valence-corrected chi connectivity index (χ2v) is 5.73. The Bertz CT molecular complexity index is 452. The van der Waals surface area contributed by atoms with Gasteiger partial charge in [-0.25, -0.2) is 0 Å². The van der Waals surface area contributed by atoms with Crippen LogP contribution in [0.25, 0.3) is 0 Å². The van der Waals surface area contributed by atoms with Crippen molar-refractivity contribution in [3.63, 3.8) is 0 Å². The van der Waals surface area contributed by atoms with Gasteiger partial charge in [-0.2, -0.15) is 0 Å². The summed E-state index contributed by atoms with van der Waals surface area (Å²) in [6, 6.07) is 7.74. The fraction of sp³-hybridized carbons (Fsp3) is 0.588. The number of carbonyl (C=O) groups is 1. The molecule has 0 aromatic heterocycles. The number of fused-ring (bicyclic) bond motifs is 1. The van der Waals surface area contributed by atoms with Gasteiger partial charge in [-0.05, 0) is 24.0 Å². The molecular formula is C17H25NO2. The van der Waals surface area contributed by atoms with Crippen molar-refractivity contribution < 1.29 is 9.90 Å². The van der Waals surface area contributed by atoms with Crippen LogP contribution in [0.1, 0.15) is 56.7 Å². The van der Waals surface area contributed by atoms with E-state index in [1.807, 2.05) is 24.3 Å². The summed E-state index contributed by atoms with van der Waals surface area (Å²) in [5, 5.41) is 13.3. The van der Waals surface area contributed by atoms with Crippen LogP contribution in [0.5, 0.6) is 0 Å². The number of hydrogen-bond acceptors (Lipinski definition) is 2. The van der Waals surface area contributed by atoms with Gasteiger partial charge in [-0.3, -0.25) is 4.79 Å². The maximum atomic E-state index is 12.4. The molecule has 2 rings (SSSR count). The van der Waals surface area contributed by atoms with Crippen LogP contribution in [-0.2, 0) is 11.2 Å². The fourth-order valence-electron chi connectivity index (χ4n) is 3.12. The van der Waals surface area contributed by atoms with Gasteiger partial charge in [0.2, 0.25) is 5.91 Å². The fourth-order valence-corrected chi connectivity index (χ4v) is 3.12. The van der Waals surface area contributed by atoms with Crippen molar-refractivity contribution in [1.82, 2.24) is 5.32 Å². The zero-order valence-corrected chi connectivity index (χ0v) is 12.4. The Labute approximate surface area is 121 Å². The smallest absolute Gasteiger partial charge is 0.223 e. The zero-order valence-electron chi connectivity index (χ0n) is 12.4. The van der Waals surface area contributed by atoms with Crippen molar-refractivity contribution in [3.8, 4) is 0 Å². The molecule has 0 fully saturated rings. The van der Waals surface area contributed by atoms with E-state index >= 15 is 0 Å². The Morgan fingerprint density at radius 2 is 1.95 bits per heavy atom. The van der Waals surface area contributed by atoms with Crippen LogP contribution < -0.4 is 5.32 Å². The van der Waals surface area contributed by atoms with E-state index in [1.165, 1.54) is 0 Å². The van der Waals surface area contributed by atoms with Crippen molar-refractivity contribution in [2.45, 2.75) is 58.1 Å². The van der Waals surface area contributed by atoms with Crippen molar-refractivity contribution in [2.75, 3.05) is 0 Å². The van der Waals surface area contributed by atoms with Crippen molar-refractivity contribution in [3.05, 3.63) is 35.4 Å². The van der Waals surface area contributed by atoms with E-state index in [9.17, 15) is 9.90 Å². The molecule has 0 unspecified atom stereocenters. The average molecular weight is 275 g/mol. The number of benzene rings is 1. The van der Waals surface area contributed by atoms with Gasteiger partial charge in [-0.1, -0.05) is 51.0 Å². The Kier molecular flexibility index (Phi) is 5.18. The van der Waals surface area contributed by atoms with E-state index < -0.39 is 6.10 Å². The van der Waals surface area contributed by atoms with E-state index in [1.54, 1.807) is 0 Å². The molecule has 0 saturated heterocycles. The highest BCUT2D eigenvalue weighted by molar-refractivity contribution is 5.79. The number of aliphatic hydroxyl groups excluding tert-OH is 1. The van der Waals surface area contributed by atoms with Gasteiger partial charge in [0.15, 0.2) is 0 Å². The monoisotopic (exact) mass is 275 g/mol. The Balaban J connectivity index is 2.07. The van der Waals surface area contributed by atoms with E-state index in [-0.39, 0.29) is 17.9 Å². The van der Waals surface area contributed by atoms with Crippen LogP contribution in [0.3, 0.4) is 0 Å². The number of aliphatic hydroxyl groups is 1. The Hall–Kier alpha value is -1.35. The lowest BCUT2D eigenvalue weighted by Gasteiger charge is -2.22. The molecule has 2 N–H and O–H groups in total. The first-order valence-corrected chi connectivity index (χ1v) is 7.73. The molecule has 20 heavy (non-hydrogen) atoms. The summed E-state index contributed by atoms with van der Waals surface area (Å²) in [7, 11) is 0. The zero-order chi connectivity index (χ0) is 14.5. The minimum absolute atomic E-state index is 0.0740. The van der Waals surface area contributed by atoms with Gasteiger partial charge in [0.05, 0.1) is 12.1 Å². The van der Waals surface area contributed by atoms with Gasteiger partial charge < -0.3 is 10.4 Å². The maximum Gasteiger partial charge on any atom is 0.223 e. The first kappa shape index (κ1) is 15.0. The third kappa shape index (κ3) is 3.21. The molecule has 1 aliphatic carbocycles. The minimum atomic E-state index is -0.500. The van der Waals surface area contributed by atoms with Crippen LogP contribution in [-0.4, -0.2) is 17.1 Å². The number of nitrogens with one attached hydrogen (secondary N) is 1. The van der Waals surface area contributed by atoms with E-state index in [0.29, 0.717) is 6.42 Å². The lowest BCUT2D eigenvalue weighted by molar-refractivity contribution is -0.127. The van der Waals surface area contributed by atoms with Crippen LogP contribution >= 0.6 is 0 Å². The highest BCUT2D eigenvalue weighted by Crippen LogP contribution is 2.31. The van der Waals surface area contributed by atoms with Gasteiger partial charge in [-0.15, -0.1) is 0 Å². The summed E-state index contributed by atoms with van der Waals surface area (Å²) in [6.07, 6.45) is 4.01. The van der Waals surface area contributed by atoms with Crippen LogP contribution in [0.15, 0.2) is 24.3 Å². The van der Waals surface area contributed by atoms with Gasteiger partial charge in [0.1, 0.15) is 0 Å². The summed E-state index contributed by atoms with van der Waals surface area (Å²) in [6.45, 7) is 4.21. The molecule has 1 aromatic carbocycles. The number of rotatable bonds is 6. The molecule has 0 heterocycles. The Morgan fingerprint density at radius 1 is 1.30 bits per heavy atom. The molecule has 110 valence electrons. The summed E-state index contributed by atoms with van der Waals surface area (Å²) in [4.78, 5) is 12.4. The first-order valence-electron chi connectivity index (χ1n) is 7.73. The van der Waals surface area contributed by atoms with Crippen molar-refractivity contribution in [2.24, 2.45) is 5.92 Å². The SMILES string of the molecule is CCCC(CCC)C(=O)N[C@@H]1c2ccccc2C[C@@H]1O. The second-order valence-electron chi connectivity index (χ2n) is 5.73. The molecule has 3 nitrogen and oxygen atoms in total. The second kappa shape index (κ2) is 6.89.